The van der Waals surface area contributed by atoms with Crippen LogP contribution in [-0.4, -0.2) is 33.6 Å². The number of hydrogen-bond donors (Lipinski definition) is 1. The van der Waals surface area contributed by atoms with E-state index in [9.17, 15) is 9.59 Å². The molecule has 1 aromatic heterocycles. The van der Waals surface area contributed by atoms with Gasteiger partial charge < -0.3 is 14.5 Å². The van der Waals surface area contributed by atoms with Crippen molar-refractivity contribution in [1.82, 2.24) is 10.1 Å². The Morgan fingerprint density at radius 3 is 2.59 bits per heavy atom. The number of hydrogen-bond acceptors (Lipinski definition) is 4. The van der Waals surface area contributed by atoms with Crippen LogP contribution in [0.3, 0.4) is 0 Å². The van der Waals surface area contributed by atoms with Gasteiger partial charge in [0.25, 0.3) is 0 Å². The summed E-state index contributed by atoms with van der Waals surface area (Å²) in [5.41, 5.74) is 1.58. The van der Waals surface area contributed by atoms with Gasteiger partial charge >= 0.3 is 5.97 Å². The van der Waals surface area contributed by atoms with Crippen LogP contribution in [0.2, 0.25) is 0 Å². The fourth-order valence-corrected chi connectivity index (χ4v) is 2.11. The predicted molar refractivity (Wildman–Crippen MR) is 78.9 cm³/mol. The third-order valence-corrected chi connectivity index (χ3v) is 3.21. The predicted octanol–water partition coefficient (Wildman–Crippen LogP) is 2.11. The maximum atomic E-state index is 12.4. The summed E-state index contributed by atoms with van der Waals surface area (Å²) >= 11 is 0. The Bertz CT molecular complexity index is 596. The minimum absolute atomic E-state index is 0.0442. The normalized spacial score (nSPS) is 10.4. The second-order valence-corrected chi connectivity index (χ2v) is 4.97. The van der Waals surface area contributed by atoms with Gasteiger partial charge in [-0.1, -0.05) is 35.5 Å². The van der Waals surface area contributed by atoms with E-state index in [2.05, 4.69) is 5.16 Å². The van der Waals surface area contributed by atoms with Crippen molar-refractivity contribution >= 4 is 11.9 Å². The number of carboxylic acids is 1. The van der Waals surface area contributed by atoms with Crippen molar-refractivity contribution in [2.45, 2.75) is 25.8 Å². The van der Waals surface area contributed by atoms with E-state index in [1.165, 1.54) is 6.26 Å². The van der Waals surface area contributed by atoms with Gasteiger partial charge in [0, 0.05) is 25.6 Å². The fourth-order valence-electron chi connectivity index (χ4n) is 2.11. The number of amides is 1. The number of benzene rings is 1. The van der Waals surface area contributed by atoms with E-state index in [1.807, 2.05) is 30.3 Å². The van der Waals surface area contributed by atoms with Gasteiger partial charge in [0.1, 0.15) is 6.26 Å². The molecule has 0 unspecified atom stereocenters. The Balaban J connectivity index is 1.99. The van der Waals surface area contributed by atoms with Crippen molar-refractivity contribution in [1.29, 1.82) is 0 Å². The van der Waals surface area contributed by atoms with Gasteiger partial charge in [-0.3, -0.25) is 9.59 Å². The van der Waals surface area contributed by atoms with Gasteiger partial charge in [-0.25, -0.2) is 0 Å². The molecule has 1 N–H and O–H groups in total. The topological polar surface area (TPSA) is 83.6 Å². The maximum Gasteiger partial charge on any atom is 0.303 e. The van der Waals surface area contributed by atoms with Crippen LogP contribution < -0.4 is 0 Å². The molecule has 116 valence electrons. The van der Waals surface area contributed by atoms with Crippen LogP contribution in [0.25, 0.3) is 0 Å². The summed E-state index contributed by atoms with van der Waals surface area (Å²) < 4.78 is 4.73. The Kier molecular flexibility index (Phi) is 5.71. The van der Waals surface area contributed by atoms with Crippen molar-refractivity contribution in [3.63, 3.8) is 0 Å². The molecule has 6 nitrogen and oxygen atoms in total. The van der Waals surface area contributed by atoms with Crippen LogP contribution in [0.4, 0.5) is 0 Å². The lowest BCUT2D eigenvalue weighted by atomic mass is 10.2. The molecule has 0 saturated carbocycles. The number of carbonyl (C=O) groups excluding carboxylic acids is 1. The molecule has 0 saturated heterocycles. The smallest absolute Gasteiger partial charge is 0.303 e. The molecule has 1 heterocycles. The molecule has 0 fully saturated rings. The third-order valence-electron chi connectivity index (χ3n) is 3.21. The third kappa shape index (κ3) is 5.05. The van der Waals surface area contributed by atoms with Crippen LogP contribution in [0.5, 0.6) is 0 Å². The van der Waals surface area contributed by atoms with E-state index in [0.717, 1.165) is 5.56 Å². The van der Waals surface area contributed by atoms with E-state index in [1.54, 1.807) is 11.0 Å². The first-order valence-corrected chi connectivity index (χ1v) is 7.08. The largest absolute Gasteiger partial charge is 0.481 e. The van der Waals surface area contributed by atoms with Crippen LogP contribution in [0.15, 0.2) is 47.2 Å². The van der Waals surface area contributed by atoms with Crippen molar-refractivity contribution in [2.75, 3.05) is 6.54 Å². The Hall–Kier alpha value is -2.63. The van der Waals surface area contributed by atoms with Gasteiger partial charge in [-0.15, -0.1) is 0 Å². The summed E-state index contributed by atoms with van der Waals surface area (Å²) in [4.78, 5) is 24.7. The number of carboxylic acid groups (broad SMARTS) is 1. The molecule has 0 spiro atoms. The van der Waals surface area contributed by atoms with Crippen molar-refractivity contribution in [3.8, 4) is 0 Å². The zero-order valence-electron chi connectivity index (χ0n) is 12.1. The summed E-state index contributed by atoms with van der Waals surface area (Å²) in [6.45, 7) is 0.856. The van der Waals surface area contributed by atoms with Crippen molar-refractivity contribution in [3.05, 3.63) is 53.9 Å². The summed E-state index contributed by atoms with van der Waals surface area (Å²) in [7, 11) is 0. The molecule has 0 atom stereocenters. The Morgan fingerprint density at radius 2 is 1.95 bits per heavy atom. The molecule has 1 amide bonds. The van der Waals surface area contributed by atoms with Crippen molar-refractivity contribution in [2.24, 2.45) is 0 Å². The second-order valence-electron chi connectivity index (χ2n) is 4.97. The van der Waals surface area contributed by atoms with E-state index < -0.39 is 5.97 Å². The Morgan fingerprint density at radius 1 is 1.18 bits per heavy atom. The molecular weight excluding hydrogens is 284 g/mol. The molecule has 1 aromatic carbocycles. The van der Waals surface area contributed by atoms with Gasteiger partial charge in [-0.05, 0) is 12.0 Å². The van der Waals surface area contributed by atoms with Crippen molar-refractivity contribution < 1.29 is 19.2 Å². The standard InChI is InChI=1S/C16H18N2O4/c19-15(11-14-8-10-22-17-14)18(9-4-7-16(20)21)12-13-5-2-1-3-6-13/h1-3,5-6,8,10H,4,7,9,11-12H2,(H,20,21). The maximum absolute atomic E-state index is 12.4. The van der Waals surface area contributed by atoms with E-state index in [-0.39, 0.29) is 18.7 Å². The van der Waals surface area contributed by atoms with Gasteiger partial charge in [0.2, 0.25) is 5.91 Å². The van der Waals surface area contributed by atoms with Crippen LogP contribution in [0, 0.1) is 0 Å². The molecule has 0 aliphatic rings. The molecular formula is C16H18N2O4. The van der Waals surface area contributed by atoms with E-state index in [0.29, 0.717) is 25.2 Å². The highest BCUT2D eigenvalue weighted by atomic mass is 16.5. The van der Waals surface area contributed by atoms with Gasteiger partial charge in [-0.2, -0.15) is 0 Å². The molecule has 0 radical (unpaired) electrons. The number of carbonyl (C=O) groups is 2. The molecule has 6 heteroatoms. The summed E-state index contributed by atoms with van der Waals surface area (Å²) in [6, 6.07) is 11.3. The summed E-state index contributed by atoms with van der Waals surface area (Å²) in [5, 5.41) is 12.5. The second kappa shape index (κ2) is 7.97. The Labute approximate surface area is 128 Å². The fraction of sp³-hybridized carbons (Fsp3) is 0.312. The summed E-state index contributed by atoms with van der Waals surface area (Å²) in [5.74, 6) is -0.952. The molecule has 22 heavy (non-hydrogen) atoms. The lowest BCUT2D eigenvalue weighted by Gasteiger charge is -2.22. The number of aliphatic carboxylic acids is 1. The average molecular weight is 302 g/mol. The summed E-state index contributed by atoms with van der Waals surface area (Å²) in [6.07, 6.45) is 2.04. The number of rotatable bonds is 8. The van der Waals surface area contributed by atoms with Crippen LogP contribution in [-0.2, 0) is 22.6 Å². The first-order chi connectivity index (χ1) is 10.6. The molecule has 0 bridgehead atoms. The van der Waals surface area contributed by atoms with Gasteiger partial charge in [0.15, 0.2) is 0 Å². The molecule has 2 aromatic rings. The average Bonchev–Trinajstić information content (AvgIpc) is 3.00. The monoisotopic (exact) mass is 302 g/mol. The minimum atomic E-state index is -0.858. The van der Waals surface area contributed by atoms with Crippen LogP contribution in [0.1, 0.15) is 24.1 Å². The highest BCUT2D eigenvalue weighted by molar-refractivity contribution is 5.78. The first kappa shape index (κ1) is 15.8. The lowest BCUT2D eigenvalue weighted by molar-refractivity contribution is -0.138. The quantitative estimate of drug-likeness (QED) is 0.807. The zero-order valence-corrected chi connectivity index (χ0v) is 12.1. The molecule has 0 aliphatic carbocycles. The lowest BCUT2D eigenvalue weighted by Crippen LogP contribution is -2.33. The molecule has 0 aliphatic heterocycles. The van der Waals surface area contributed by atoms with E-state index in [4.69, 9.17) is 9.63 Å². The highest BCUT2D eigenvalue weighted by Crippen LogP contribution is 2.09. The minimum Gasteiger partial charge on any atom is -0.481 e. The number of aromatic nitrogens is 1. The first-order valence-electron chi connectivity index (χ1n) is 7.08. The highest BCUT2D eigenvalue weighted by Gasteiger charge is 2.16. The SMILES string of the molecule is O=C(O)CCCN(Cc1ccccc1)C(=O)Cc1ccon1. The zero-order chi connectivity index (χ0) is 15.8. The van der Waals surface area contributed by atoms with E-state index >= 15 is 0 Å². The van der Waals surface area contributed by atoms with Crippen LogP contribution >= 0.6 is 0 Å². The van der Waals surface area contributed by atoms with Gasteiger partial charge in [0.05, 0.1) is 12.1 Å². The number of nitrogens with zero attached hydrogens (tertiary/aromatic N) is 2. The molecule has 2 rings (SSSR count).